The molecular weight excluding hydrogens is 346 g/mol. The monoisotopic (exact) mass is 367 g/mol. The van der Waals surface area contributed by atoms with Crippen molar-refractivity contribution in [1.29, 1.82) is 0 Å². The number of aryl methyl sites for hydroxylation is 3. The van der Waals surface area contributed by atoms with Gasteiger partial charge in [-0.05, 0) is 32.9 Å². The highest BCUT2D eigenvalue weighted by atomic mass is 16.5. The van der Waals surface area contributed by atoms with Gasteiger partial charge in [0.15, 0.2) is 0 Å². The van der Waals surface area contributed by atoms with Crippen molar-refractivity contribution in [2.24, 2.45) is 0 Å². The predicted molar refractivity (Wildman–Crippen MR) is 101 cm³/mol. The molecule has 0 aromatic carbocycles. The molecule has 0 fully saturated rings. The third kappa shape index (κ3) is 4.78. The highest BCUT2D eigenvalue weighted by molar-refractivity contribution is 5.96. The molecule has 0 radical (unpaired) electrons. The Morgan fingerprint density at radius 2 is 1.89 bits per heavy atom. The predicted octanol–water partition coefficient (Wildman–Crippen LogP) is 2.37. The summed E-state index contributed by atoms with van der Waals surface area (Å²) in [6, 6.07) is 7.39. The number of rotatable bonds is 7. The molecule has 0 bridgehead atoms. The van der Waals surface area contributed by atoms with Crippen molar-refractivity contribution in [3.63, 3.8) is 0 Å². The molecule has 1 amide bonds. The zero-order chi connectivity index (χ0) is 19.2. The Morgan fingerprint density at radius 1 is 1.07 bits per heavy atom. The van der Waals surface area contributed by atoms with E-state index in [9.17, 15) is 4.79 Å². The Kier molecular flexibility index (Phi) is 5.60. The molecule has 0 saturated heterocycles. The highest BCUT2D eigenvalue weighted by Gasteiger charge is 2.16. The molecule has 0 aliphatic carbocycles. The van der Waals surface area contributed by atoms with Crippen molar-refractivity contribution in [1.82, 2.24) is 25.4 Å². The smallest absolute Gasteiger partial charge is 0.256 e. The third-order valence-electron chi connectivity index (χ3n) is 3.74. The summed E-state index contributed by atoms with van der Waals surface area (Å²) >= 11 is 0. The first-order valence-electron chi connectivity index (χ1n) is 8.51. The van der Waals surface area contributed by atoms with Gasteiger partial charge >= 0.3 is 0 Å². The van der Waals surface area contributed by atoms with Crippen LogP contribution >= 0.6 is 0 Å². The number of hydrogen-bond donors (Lipinski definition) is 3. The average Bonchev–Trinajstić information content (AvgIpc) is 2.97. The van der Waals surface area contributed by atoms with E-state index >= 15 is 0 Å². The van der Waals surface area contributed by atoms with Crippen LogP contribution in [0.15, 0.2) is 35.0 Å². The Balaban J connectivity index is 1.54. The zero-order valence-electron chi connectivity index (χ0n) is 15.4. The summed E-state index contributed by atoms with van der Waals surface area (Å²) < 4.78 is 5.01. The van der Waals surface area contributed by atoms with E-state index in [4.69, 9.17) is 4.52 Å². The van der Waals surface area contributed by atoms with Crippen molar-refractivity contribution in [2.45, 2.75) is 20.8 Å². The van der Waals surface area contributed by atoms with E-state index in [1.807, 2.05) is 25.1 Å². The lowest BCUT2D eigenvalue weighted by Gasteiger charge is -2.10. The number of carbonyl (C=O) groups excluding carboxylic acids is 1. The number of pyridine rings is 1. The molecule has 27 heavy (non-hydrogen) atoms. The summed E-state index contributed by atoms with van der Waals surface area (Å²) in [6.07, 6.45) is 1.71. The maximum absolute atomic E-state index is 12.2. The number of aromatic nitrogens is 4. The van der Waals surface area contributed by atoms with E-state index < -0.39 is 0 Å². The van der Waals surface area contributed by atoms with E-state index in [2.05, 4.69) is 36.1 Å². The van der Waals surface area contributed by atoms with Gasteiger partial charge in [0.1, 0.15) is 34.6 Å². The standard InChI is InChI=1S/C18H21N7O2/c1-11-17(12(2)27-25-11)18(26)21-9-8-20-15-10-16(23-13(3)22-15)24-14-6-4-5-7-19-14/h4-7,10H,8-9H2,1-3H3,(H,21,26)(H2,19,20,22,23,24). The molecule has 0 spiro atoms. The molecule has 0 atom stereocenters. The quantitative estimate of drug-likeness (QED) is 0.545. The fourth-order valence-corrected chi connectivity index (χ4v) is 2.55. The topological polar surface area (TPSA) is 118 Å². The number of nitrogens with one attached hydrogen (secondary N) is 3. The molecule has 3 aromatic heterocycles. The van der Waals surface area contributed by atoms with Crippen LogP contribution in [0.2, 0.25) is 0 Å². The molecule has 0 unspecified atom stereocenters. The molecule has 0 saturated carbocycles. The van der Waals surface area contributed by atoms with Gasteiger partial charge in [-0.2, -0.15) is 0 Å². The number of anilines is 3. The summed E-state index contributed by atoms with van der Waals surface area (Å²) in [5.41, 5.74) is 1.06. The van der Waals surface area contributed by atoms with E-state index in [0.29, 0.717) is 53.4 Å². The van der Waals surface area contributed by atoms with Crippen LogP contribution in [0.1, 0.15) is 27.6 Å². The van der Waals surface area contributed by atoms with Crippen molar-refractivity contribution in [3.8, 4) is 0 Å². The molecule has 3 N–H and O–H groups in total. The zero-order valence-corrected chi connectivity index (χ0v) is 15.4. The van der Waals surface area contributed by atoms with E-state index in [1.54, 1.807) is 26.1 Å². The second-order valence-corrected chi connectivity index (χ2v) is 5.91. The van der Waals surface area contributed by atoms with Gasteiger partial charge in [-0.15, -0.1) is 0 Å². The largest absolute Gasteiger partial charge is 0.368 e. The van der Waals surface area contributed by atoms with Crippen molar-refractivity contribution in [3.05, 3.63) is 53.3 Å². The molecule has 9 heteroatoms. The maximum atomic E-state index is 12.2. The van der Waals surface area contributed by atoms with Crippen LogP contribution in [0.4, 0.5) is 17.5 Å². The lowest BCUT2D eigenvalue weighted by atomic mass is 10.2. The Hall–Kier alpha value is -3.49. The second kappa shape index (κ2) is 8.26. The van der Waals surface area contributed by atoms with E-state index in [-0.39, 0.29) is 5.91 Å². The van der Waals surface area contributed by atoms with Gasteiger partial charge < -0.3 is 20.5 Å². The SMILES string of the molecule is Cc1nc(NCCNC(=O)c2c(C)noc2C)cc(Nc2ccccn2)n1. The van der Waals surface area contributed by atoms with Crippen molar-refractivity contribution in [2.75, 3.05) is 23.7 Å². The van der Waals surface area contributed by atoms with Crippen LogP contribution in [0.5, 0.6) is 0 Å². The van der Waals surface area contributed by atoms with Gasteiger partial charge in [0.2, 0.25) is 0 Å². The number of nitrogens with zero attached hydrogens (tertiary/aromatic N) is 4. The first kappa shape index (κ1) is 18.3. The second-order valence-electron chi connectivity index (χ2n) is 5.91. The first-order valence-corrected chi connectivity index (χ1v) is 8.51. The molecule has 140 valence electrons. The molecule has 3 heterocycles. The first-order chi connectivity index (χ1) is 13.0. The summed E-state index contributed by atoms with van der Waals surface area (Å²) in [4.78, 5) is 25.1. The van der Waals surface area contributed by atoms with Crippen LogP contribution in [0.3, 0.4) is 0 Å². The third-order valence-corrected chi connectivity index (χ3v) is 3.74. The molecule has 9 nitrogen and oxygen atoms in total. The molecule has 3 aromatic rings. The highest BCUT2D eigenvalue weighted by Crippen LogP contribution is 2.15. The lowest BCUT2D eigenvalue weighted by Crippen LogP contribution is -2.29. The maximum Gasteiger partial charge on any atom is 0.256 e. The minimum atomic E-state index is -0.204. The van der Waals surface area contributed by atoms with Gasteiger partial charge in [-0.3, -0.25) is 4.79 Å². The van der Waals surface area contributed by atoms with Gasteiger partial charge in [0.05, 0.1) is 5.69 Å². The molecule has 3 rings (SSSR count). The summed E-state index contributed by atoms with van der Waals surface area (Å²) in [5, 5.41) is 12.9. The summed E-state index contributed by atoms with van der Waals surface area (Å²) in [7, 11) is 0. The van der Waals surface area contributed by atoms with E-state index in [0.717, 1.165) is 0 Å². The number of amides is 1. The number of hydrogen-bond acceptors (Lipinski definition) is 8. The lowest BCUT2D eigenvalue weighted by molar-refractivity contribution is 0.0953. The van der Waals surface area contributed by atoms with E-state index in [1.165, 1.54) is 0 Å². The average molecular weight is 367 g/mol. The van der Waals surface area contributed by atoms with Crippen LogP contribution in [-0.4, -0.2) is 39.1 Å². The molecular formula is C18H21N7O2. The Bertz CT molecular complexity index is 905. The summed E-state index contributed by atoms with van der Waals surface area (Å²) in [6.45, 7) is 6.20. The van der Waals surface area contributed by atoms with Crippen LogP contribution < -0.4 is 16.0 Å². The molecule has 0 aliphatic rings. The normalized spacial score (nSPS) is 10.5. The van der Waals surface area contributed by atoms with Crippen LogP contribution in [0.25, 0.3) is 0 Å². The van der Waals surface area contributed by atoms with Gasteiger partial charge in [0, 0.05) is 25.4 Å². The van der Waals surface area contributed by atoms with Crippen LogP contribution in [-0.2, 0) is 0 Å². The number of carbonyl (C=O) groups is 1. The van der Waals surface area contributed by atoms with Crippen molar-refractivity contribution >= 4 is 23.4 Å². The molecule has 0 aliphatic heterocycles. The van der Waals surface area contributed by atoms with Crippen molar-refractivity contribution < 1.29 is 9.32 Å². The minimum absolute atomic E-state index is 0.204. The van der Waals surface area contributed by atoms with Crippen LogP contribution in [0, 0.1) is 20.8 Å². The minimum Gasteiger partial charge on any atom is -0.368 e. The summed E-state index contributed by atoms with van der Waals surface area (Å²) in [5.74, 6) is 2.93. The van der Waals surface area contributed by atoms with Gasteiger partial charge in [-0.25, -0.2) is 15.0 Å². The fraction of sp³-hybridized carbons (Fsp3) is 0.278. The van der Waals surface area contributed by atoms with Gasteiger partial charge in [-0.1, -0.05) is 11.2 Å². The Labute approximate surface area is 156 Å². The fourth-order valence-electron chi connectivity index (χ4n) is 2.55. The Morgan fingerprint density at radius 3 is 2.59 bits per heavy atom. The van der Waals surface area contributed by atoms with Gasteiger partial charge in [0.25, 0.3) is 5.91 Å².